The first-order valence-corrected chi connectivity index (χ1v) is 10.1. The largest absolute Gasteiger partial charge is 0.353 e. The molecule has 146 valence electrons. The Labute approximate surface area is 158 Å². The van der Waals surface area contributed by atoms with Crippen LogP contribution in [0.3, 0.4) is 0 Å². The predicted octanol–water partition coefficient (Wildman–Crippen LogP) is 0.660. The highest BCUT2D eigenvalue weighted by Crippen LogP contribution is 2.28. The second kappa shape index (κ2) is 7.37. The number of benzene rings is 1. The summed E-state index contributed by atoms with van der Waals surface area (Å²) in [7, 11) is -3.92. The lowest BCUT2D eigenvalue weighted by Crippen LogP contribution is -2.47. The molecule has 0 unspecified atom stereocenters. The van der Waals surface area contributed by atoms with E-state index in [4.69, 9.17) is 10.3 Å². The molecule has 2 heterocycles. The van der Waals surface area contributed by atoms with Crippen LogP contribution in [-0.2, 0) is 14.8 Å². The molecule has 1 amide bonds. The number of hydrogen-bond donors (Lipinski definition) is 2. The van der Waals surface area contributed by atoms with E-state index in [0.717, 1.165) is 0 Å². The zero-order valence-electron chi connectivity index (χ0n) is 15.4. The van der Waals surface area contributed by atoms with Crippen molar-refractivity contribution in [3.8, 4) is 11.4 Å². The number of hydrogen-bond acceptors (Lipinski definition) is 7. The minimum Gasteiger partial charge on any atom is -0.353 e. The Morgan fingerprint density at radius 1 is 1.41 bits per heavy atom. The van der Waals surface area contributed by atoms with E-state index in [0.29, 0.717) is 17.3 Å². The van der Waals surface area contributed by atoms with E-state index in [1.165, 1.54) is 16.4 Å². The van der Waals surface area contributed by atoms with Crippen molar-refractivity contribution in [2.45, 2.75) is 50.2 Å². The summed E-state index contributed by atoms with van der Waals surface area (Å²) in [6, 6.07) is 4.93. The summed E-state index contributed by atoms with van der Waals surface area (Å²) in [5.74, 6) is 0.345. The van der Waals surface area contributed by atoms with Gasteiger partial charge in [0.15, 0.2) is 0 Å². The molecule has 9 nitrogen and oxygen atoms in total. The smallest absolute Gasteiger partial charge is 0.243 e. The lowest BCUT2D eigenvalue weighted by atomic mass is 10.1. The minimum atomic E-state index is -3.92. The number of carbonyl (C=O) groups excluding carboxylic acids is 1. The number of carbonyl (C=O) groups is 1. The maximum Gasteiger partial charge on any atom is 0.243 e. The molecule has 27 heavy (non-hydrogen) atoms. The molecule has 2 atom stereocenters. The molecule has 0 bridgehead atoms. The third-order valence-corrected chi connectivity index (χ3v) is 6.12. The van der Waals surface area contributed by atoms with Gasteiger partial charge in [-0.25, -0.2) is 8.42 Å². The summed E-state index contributed by atoms with van der Waals surface area (Å²) in [5.41, 5.74) is 6.48. The summed E-state index contributed by atoms with van der Waals surface area (Å²) in [5, 5.41) is 6.58. The molecule has 10 heteroatoms. The zero-order chi connectivity index (χ0) is 19.8. The fourth-order valence-electron chi connectivity index (χ4n) is 3.07. The summed E-state index contributed by atoms with van der Waals surface area (Å²) in [4.78, 5) is 16.6. The van der Waals surface area contributed by atoms with Crippen LogP contribution >= 0.6 is 0 Å². The predicted molar refractivity (Wildman–Crippen MR) is 98.0 cm³/mol. The fraction of sp³-hybridized carbons (Fsp3) is 0.471. The number of aromatic nitrogens is 2. The van der Waals surface area contributed by atoms with Gasteiger partial charge in [0.1, 0.15) is 6.04 Å². The molecular formula is C17H23N5O4S. The molecule has 0 aliphatic carbocycles. The number of amides is 1. The van der Waals surface area contributed by atoms with Gasteiger partial charge in [0.2, 0.25) is 27.6 Å². The fourth-order valence-corrected chi connectivity index (χ4v) is 4.77. The van der Waals surface area contributed by atoms with Crippen LogP contribution in [0.25, 0.3) is 11.4 Å². The lowest BCUT2D eigenvalue weighted by Gasteiger charge is -2.24. The Balaban J connectivity index is 1.94. The number of sulfonamides is 1. The molecule has 0 spiro atoms. The highest BCUT2D eigenvalue weighted by Gasteiger charge is 2.43. The SMILES string of the molecule is Cc1nc(-c2cccc(S(=O)(=O)N3C[C@@H](N)C[C@H]3C(=O)NC(C)C)c2)no1. The van der Waals surface area contributed by atoms with Crippen LogP contribution in [0.15, 0.2) is 33.7 Å². The van der Waals surface area contributed by atoms with E-state index >= 15 is 0 Å². The lowest BCUT2D eigenvalue weighted by molar-refractivity contribution is -0.124. The Hall–Kier alpha value is -2.30. The molecule has 1 aromatic heterocycles. The molecule has 1 aliphatic rings. The first kappa shape index (κ1) is 19.5. The first-order chi connectivity index (χ1) is 12.7. The van der Waals surface area contributed by atoms with Crippen LogP contribution in [-0.4, -0.2) is 53.4 Å². The Kier molecular flexibility index (Phi) is 5.31. The van der Waals surface area contributed by atoms with Crippen LogP contribution in [0.1, 0.15) is 26.2 Å². The molecule has 0 radical (unpaired) electrons. The van der Waals surface area contributed by atoms with Crippen LogP contribution in [0.5, 0.6) is 0 Å². The van der Waals surface area contributed by atoms with Gasteiger partial charge in [-0.15, -0.1) is 0 Å². The molecule has 3 rings (SSSR count). The van der Waals surface area contributed by atoms with E-state index in [1.54, 1.807) is 19.1 Å². The number of nitrogens with zero attached hydrogens (tertiary/aromatic N) is 3. The standard InChI is InChI=1S/C17H23N5O4S/c1-10(2)19-17(23)15-8-13(18)9-22(15)27(24,25)14-6-4-5-12(7-14)16-20-11(3)26-21-16/h4-7,10,13,15H,8-9,18H2,1-3H3,(H,19,23)/t13-,15-/m0/s1. The van der Waals surface area contributed by atoms with Crippen molar-refractivity contribution in [2.75, 3.05) is 6.54 Å². The second-order valence-electron chi connectivity index (χ2n) is 6.91. The summed E-state index contributed by atoms with van der Waals surface area (Å²) in [6.07, 6.45) is 0.279. The monoisotopic (exact) mass is 393 g/mol. The summed E-state index contributed by atoms with van der Waals surface area (Å²) in [6.45, 7) is 5.38. The van der Waals surface area contributed by atoms with Crippen LogP contribution in [0, 0.1) is 6.92 Å². The highest BCUT2D eigenvalue weighted by molar-refractivity contribution is 7.89. The van der Waals surface area contributed by atoms with Gasteiger partial charge in [-0.05, 0) is 32.4 Å². The Bertz CT molecular complexity index is 940. The molecule has 0 saturated carbocycles. The number of nitrogens with one attached hydrogen (secondary N) is 1. The van der Waals surface area contributed by atoms with Crippen molar-refractivity contribution in [3.05, 3.63) is 30.2 Å². The second-order valence-corrected chi connectivity index (χ2v) is 8.80. The average molecular weight is 393 g/mol. The van der Waals surface area contributed by atoms with Crippen molar-refractivity contribution in [1.29, 1.82) is 0 Å². The number of rotatable bonds is 5. The van der Waals surface area contributed by atoms with Crippen molar-refractivity contribution in [1.82, 2.24) is 19.8 Å². The zero-order valence-corrected chi connectivity index (χ0v) is 16.2. The molecule has 3 N–H and O–H groups in total. The number of aryl methyl sites for hydroxylation is 1. The van der Waals surface area contributed by atoms with Gasteiger partial charge in [-0.2, -0.15) is 9.29 Å². The van der Waals surface area contributed by atoms with E-state index in [2.05, 4.69) is 15.5 Å². The van der Waals surface area contributed by atoms with Gasteiger partial charge in [-0.3, -0.25) is 4.79 Å². The van der Waals surface area contributed by atoms with Crippen molar-refractivity contribution >= 4 is 15.9 Å². The van der Waals surface area contributed by atoms with Gasteiger partial charge >= 0.3 is 0 Å². The third-order valence-electron chi connectivity index (χ3n) is 4.25. The van der Waals surface area contributed by atoms with Crippen LogP contribution in [0.4, 0.5) is 0 Å². The Morgan fingerprint density at radius 3 is 2.78 bits per heavy atom. The van der Waals surface area contributed by atoms with Gasteiger partial charge in [-0.1, -0.05) is 17.3 Å². The van der Waals surface area contributed by atoms with Gasteiger partial charge in [0.25, 0.3) is 0 Å². The molecule has 1 aromatic carbocycles. The minimum absolute atomic E-state index is 0.0545. The molecule has 1 fully saturated rings. The van der Waals surface area contributed by atoms with E-state index < -0.39 is 22.1 Å². The quantitative estimate of drug-likeness (QED) is 0.763. The van der Waals surface area contributed by atoms with Crippen LogP contribution < -0.4 is 11.1 Å². The molecular weight excluding hydrogens is 370 g/mol. The van der Waals surface area contributed by atoms with E-state index in [1.807, 2.05) is 13.8 Å². The maximum absolute atomic E-state index is 13.2. The van der Waals surface area contributed by atoms with E-state index in [9.17, 15) is 13.2 Å². The highest BCUT2D eigenvalue weighted by atomic mass is 32.2. The summed E-state index contributed by atoms with van der Waals surface area (Å²) >= 11 is 0. The van der Waals surface area contributed by atoms with E-state index in [-0.39, 0.29) is 29.8 Å². The Morgan fingerprint density at radius 2 is 2.15 bits per heavy atom. The normalized spacial score (nSPS) is 20.9. The first-order valence-electron chi connectivity index (χ1n) is 8.67. The maximum atomic E-state index is 13.2. The van der Waals surface area contributed by atoms with Crippen LogP contribution in [0.2, 0.25) is 0 Å². The topological polar surface area (TPSA) is 131 Å². The van der Waals surface area contributed by atoms with Crippen molar-refractivity contribution in [2.24, 2.45) is 5.73 Å². The average Bonchev–Trinajstić information content (AvgIpc) is 3.21. The van der Waals surface area contributed by atoms with Gasteiger partial charge < -0.3 is 15.6 Å². The van der Waals surface area contributed by atoms with Gasteiger partial charge in [0, 0.05) is 31.1 Å². The molecule has 1 aliphatic heterocycles. The third kappa shape index (κ3) is 4.02. The number of nitrogens with two attached hydrogens (primary N) is 1. The van der Waals surface area contributed by atoms with Crippen molar-refractivity contribution < 1.29 is 17.7 Å². The molecule has 2 aromatic rings. The van der Waals surface area contributed by atoms with Crippen molar-refractivity contribution in [3.63, 3.8) is 0 Å². The van der Waals surface area contributed by atoms with Gasteiger partial charge in [0.05, 0.1) is 4.90 Å². The summed E-state index contributed by atoms with van der Waals surface area (Å²) < 4.78 is 32.5. The molecule has 1 saturated heterocycles.